The van der Waals surface area contributed by atoms with Crippen LogP contribution >= 0.6 is 0 Å². The van der Waals surface area contributed by atoms with E-state index in [9.17, 15) is 14.0 Å². The minimum atomic E-state index is -0.374. The second-order valence-electron chi connectivity index (χ2n) is 4.62. The molecular weight excluding hydrogens is 271 g/mol. The molecule has 2 aromatic rings. The lowest BCUT2D eigenvalue weighted by molar-refractivity contribution is -0.121. The Bertz CT molecular complexity index is 654. The van der Waals surface area contributed by atoms with E-state index in [0.29, 0.717) is 11.1 Å². The first-order valence-electron chi connectivity index (χ1n) is 6.45. The Morgan fingerprint density at radius 3 is 2.33 bits per heavy atom. The Kier molecular flexibility index (Phi) is 4.66. The third kappa shape index (κ3) is 4.14. The van der Waals surface area contributed by atoms with Crippen LogP contribution in [0.2, 0.25) is 0 Å². The van der Waals surface area contributed by atoms with Gasteiger partial charge in [0, 0.05) is 5.56 Å². The molecule has 5 heteroatoms. The van der Waals surface area contributed by atoms with Gasteiger partial charge in [0.2, 0.25) is 5.91 Å². The summed E-state index contributed by atoms with van der Waals surface area (Å²) >= 11 is 0. The average Bonchev–Trinajstić information content (AvgIpc) is 2.48. The van der Waals surface area contributed by atoms with Crippen molar-refractivity contribution in [3.05, 3.63) is 71.0 Å². The van der Waals surface area contributed by atoms with Gasteiger partial charge in [-0.15, -0.1) is 0 Å². The summed E-state index contributed by atoms with van der Waals surface area (Å²) in [6.07, 6.45) is 0.0638. The number of nitrogens with one attached hydrogen (secondary N) is 2. The number of benzene rings is 2. The van der Waals surface area contributed by atoms with Crippen molar-refractivity contribution < 1.29 is 14.0 Å². The van der Waals surface area contributed by atoms with Crippen LogP contribution in [0.4, 0.5) is 4.39 Å². The zero-order valence-corrected chi connectivity index (χ0v) is 11.5. The van der Waals surface area contributed by atoms with Gasteiger partial charge in [-0.05, 0) is 36.2 Å². The third-order valence-electron chi connectivity index (χ3n) is 2.98. The van der Waals surface area contributed by atoms with E-state index in [1.165, 1.54) is 24.3 Å². The Morgan fingerprint density at radius 1 is 1.00 bits per heavy atom. The lowest BCUT2D eigenvalue weighted by Gasteiger charge is -2.09. The fourth-order valence-corrected chi connectivity index (χ4v) is 1.85. The van der Waals surface area contributed by atoms with Crippen LogP contribution < -0.4 is 10.9 Å². The number of aryl methyl sites for hydroxylation is 1. The summed E-state index contributed by atoms with van der Waals surface area (Å²) in [6.45, 7) is 1.81. The molecule has 0 heterocycles. The van der Waals surface area contributed by atoms with Crippen molar-refractivity contribution in [2.75, 3.05) is 0 Å². The van der Waals surface area contributed by atoms with Gasteiger partial charge in [-0.3, -0.25) is 20.4 Å². The minimum absolute atomic E-state index is 0.0638. The van der Waals surface area contributed by atoms with Gasteiger partial charge in [-0.25, -0.2) is 4.39 Å². The van der Waals surface area contributed by atoms with Gasteiger partial charge < -0.3 is 0 Å². The summed E-state index contributed by atoms with van der Waals surface area (Å²) < 4.78 is 12.7. The van der Waals surface area contributed by atoms with Crippen LogP contribution in [0.1, 0.15) is 21.5 Å². The average molecular weight is 286 g/mol. The van der Waals surface area contributed by atoms with Gasteiger partial charge >= 0.3 is 0 Å². The predicted molar refractivity (Wildman–Crippen MR) is 76.9 cm³/mol. The molecule has 4 nitrogen and oxygen atoms in total. The van der Waals surface area contributed by atoms with Gasteiger partial charge in [0.1, 0.15) is 5.82 Å². The molecule has 0 radical (unpaired) electrons. The normalized spacial score (nSPS) is 10.0. The van der Waals surface area contributed by atoms with E-state index in [0.717, 1.165) is 5.56 Å². The maximum Gasteiger partial charge on any atom is 0.269 e. The molecule has 0 unspecified atom stereocenters. The second-order valence-corrected chi connectivity index (χ2v) is 4.62. The number of halogens is 1. The Labute approximate surface area is 122 Å². The number of carbonyl (C=O) groups excluding carboxylic acids is 2. The van der Waals surface area contributed by atoms with Crippen LogP contribution in [0.15, 0.2) is 48.5 Å². The Balaban J connectivity index is 1.88. The van der Waals surface area contributed by atoms with Gasteiger partial charge in [0.05, 0.1) is 6.42 Å². The number of hydrogen-bond donors (Lipinski definition) is 2. The molecule has 0 fully saturated rings. The molecule has 0 aliphatic carbocycles. The molecule has 0 aliphatic heterocycles. The van der Waals surface area contributed by atoms with Crippen molar-refractivity contribution in [2.24, 2.45) is 0 Å². The summed E-state index contributed by atoms with van der Waals surface area (Å²) in [7, 11) is 0. The van der Waals surface area contributed by atoms with E-state index < -0.39 is 0 Å². The summed E-state index contributed by atoms with van der Waals surface area (Å²) in [5.74, 6) is -1.10. The van der Waals surface area contributed by atoms with Crippen LogP contribution in [0, 0.1) is 12.7 Å². The molecule has 2 aromatic carbocycles. The predicted octanol–water partition coefficient (Wildman–Crippen LogP) is 2.14. The highest BCUT2D eigenvalue weighted by atomic mass is 19.1. The smallest absolute Gasteiger partial charge is 0.269 e. The van der Waals surface area contributed by atoms with E-state index in [2.05, 4.69) is 10.9 Å². The lowest BCUT2D eigenvalue weighted by atomic mass is 10.1. The first-order chi connectivity index (χ1) is 10.1. The van der Waals surface area contributed by atoms with Gasteiger partial charge in [-0.1, -0.05) is 30.3 Å². The van der Waals surface area contributed by atoms with Crippen molar-refractivity contribution in [1.82, 2.24) is 10.9 Å². The van der Waals surface area contributed by atoms with Crippen molar-refractivity contribution in [1.29, 1.82) is 0 Å². The van der Waals surface area contributed by atoms with Crippen molar-refractivity contribution in [2.45, 2.75) is 13.3 Å². The van der Waals surface area contributed by atoms with Crippen LogP contribution in [-0.4, -0.2) is 11.8 Å². The number of carbonyl (C=O) groups is 2. The highest BCUT2D eigenvalue weighted by Gasteiger charge is 2.09. The summed E-state index contributed by atoms with van der Waals surface area (Å²) in [5.41, 5.74) is 6.69. The van der Waals surface area contributed by atoms with Crippen LogP contribution in [-0.2, 0) is 11.2 Å². The van der Waals surface area contributed by atoms with E-state index in [-0.39, 0.29) is 24.1 Å². The van der Waals surface area contributed by atoms with Crippen molar-refractivity contribution >= 4 is 11.8 Å². The van der Waals surface area contributed by atoms with Crippen molar-refractivity contribution in [3.8, 4) is 0 Å². The molecule has 0 saturated heterocycles. The SMILES string of the molecule is Cc1ccccc1C(=O)NNC(=O)Cc1ccc(F)cc1. The summed E-state index contributed by atoms with van der Waals surface area (Å²) in [4.78, 5) is 23.6. The largest absolute Gasteiger partial charge is 0.273 e. The van der Waals surface area contributed by atoms with Crippen LogP contribution in [0.25, 0.3) is 0 Å². The standard InChI is InChI=1S/C16H15FN2O2/c1-11-4-2-3-5-14(11)16(21)19-18-15(20)10-12-6-8-13(17)9-7-12/h2-9H,10H2,1H3,(H,18,20)(H,19,21). The number of hydrogen-bond acceptors (Lipinski definition) is 2. The Hall–Kier alpha value is -2.69. The summed E-state index contributed by atoms with van der Waals surface area (Å²) in [5, 5.41) is 0. The first kappa shape index (κ1) is 14.7. The third-order valence-corrected chi connectivity index (χ3v) is 2.98. The molecule has 0 aromatic heterocycles. The van der Waals surface area contributed by atoms with Gasteiger partial charge in [-0.2, -0.15) is 0 Å². The molecular formula is C16H15FN2O2. The molecule has 2 N–H and O–H groups in total. The molecule has 108 valence electrons. The molecule has 21 heavy (non-hydrogen) atoms. The molecule has 2 rings (SSSR count). The fourth-order valence-electron chi connectivity index (χ4n) is 1.85. The molecule has 0 saturated carbocycles. The van der Waals surface area contributed by atoms with Crippen molar-refractivity contribution in [3.63, 3.8) is 0 Å². The topological polar surface area (TPSA) is 58.2 Å². The maximum atomic E-state index is 12.7. The highest BCUT2D eigenvalue weighted by Crippen LogP contribution is 2.06. The second kappa shape index (κ2) is 6.65. The number of amides is 2. The fraction of sp³-hybridized carbons (Fsp3) is 0.125. The molecule has 0 atom stereocenters. The van der Waals surface area contributed by atoms with E-state index in [4.69, 9.17) is 0 Å². The lowest BCUT2D eigenvalue weighted by Crippen LogP contribution is -2.42. The van der Waals surface area contributed by atoms with E-state index in [1.807, 2.05) is 19.1 Å². The molecule has 0 aliphatic rings. The minimum Gasteiger partial charge on any atom is -0.273 e. The molecule has 0 bridgehead atoms. The monoisotopic (exact) mass is 286 g/mol. The quantitative estimate of drug-likeness (QED) is 0.849. The molecule has 0 spiro atoms. The van der Waals surface area contributed by atoms with E-state index >= 15 is 0 Å². The van der Waals surface area contributed by atoms with Crippen LogP contribution in [0.5, 0.6) is 0 Å². The maximum absolute atomic E-state index is 12.7. The van der Waals surface area contributed by atoms with Gasteiger partial charge in [0.15, 0.2) is 0 Å². The highest BCUT2D eigenvalue weighted by molar-refractivity contribution is 5.96. The first-order valence-corrected chi connectivity index (χ1v) is 6.45. The molecule has 2 amide bonds. The zero-order chi connectivity index (χ0) is 15.2. The number of hydrazine groups is 1. The van der Waals surface area contributed by atoms with E-state index in [1.54, 1.807) is 12.1 Å². The van der Waals surface area contributed by atoms with Gasteiger partial charge in [0.25, 0.3) is 5.91 Å². The Morgan fingerprint density at radius 2 is 1.67 bits per heavy atom. The number of rotatable bonds is 3. The summed E-state index contributed by atoms with van der Waals surface area (Å²) in [6, 6.07) is 12.7. The zero-order valence-electron chi connectivity index (χ0n) is 11.5. The van der Waals surface area contributed by atoms with Crippen LogP contribution in [0.3, 0.4) is 0 Å².